The molecule has 0 rings (SSSR count). The normalized spacial score (nSPS) is 12.8. The van der Waals surface area contributed by atoms with Gasteiger partial charge in [-0.25, -0.2) is 4.79 Å². The fraction of sp³-hybridized carbons (Fsp3) is 0.894. The van der Waals surface area contributed by atoms with Crippen molar-refractivity contribution in [3.8, 4) is 0 Å². The summed E-state index contributed by atoms with van der Waals surface area (Å²) in [5.41, 5.74) is 0. The highest BCUT2D eigenvalue weighted by molar-refractivity contribution is 5.71. The van der Waals surface area contributed by atoms with Gasteiger partial charge in [0.2, 0.25) is 0 Å². The van der Waals surface area contributed by atoms with Crippen LogP contribution in [0.4, 0.5) is 0 Å². The van der Waals surface area contributed by atoms with Crippen molar-refractivity contribution in [3.05, 3.63) is 24.3 Å². The average Bonchev–Trinajstić information content (AvgIpc) is 3.38. The number of allylic oxidation sites excluding steroid dienone is 4. The molecule has 0 aromatic carbocycles. The van der Waals surface area contributed by atoms with Crippen molar-refractivity contribution in [1.29, 1.82) is 0 Å². The van der Waals surface area contributed by atoms with Gasteiger partial charge in [-0.15, -0.1) is 0 Å². The molecule has 2 atom stereocenters. The number of hydrogen-bond acceptors (Lipinski definition) is 7. The summed E-state index contributed by atoms with van der Waals surface area (Å²) in [6, 6.07) is 0. The zero-order valence-electron chi connectivity index (χ0n) is 50.5. The van der Waals surface area contributed by atoms with Crippen molar-refractivity contribution < 1.29 is 42.9 Å². The first kappa shape index (κ1) is 72.8. The first-order valence-corrected chi connectivity index (χ1v) is 32.5. The van der Waals surface area contributed by atoms with E-state index in [2.05, 4.69) is 38.2 Å². The van der Waals surface area contributed by atoms with Gasteiger partial charge >= 0.3 is 17.9 Å². The van der Waals surface area contributed by atoms with Crippen LogP contribution in [0.25, 0.3) is 0 Å². The highest BCUT2D eigenvalue weighted by Crippen LogP contribution is 2.18. The van der Waals surface area contributed by atoms with Crippen LogP contribution in [0.5, 0.6) is 0 Å². The van der Waals surface area contributed by atoms with Crippen molar-refractivity contribution in [2.45, 2.75) is 334 Å². The van der Waals surface area contributed by atoms with E-state index < -0.39 is 24.3 Å². The molecule has 0 aromatic heterocycles. The summed E-state index contributed by atoms with van der Waals surface area (Å²) in [4.78, 5) is 37.5. The fourth-order valence-corrected chi connectivity index (χ4v) is 9.70. The third-order valence-electron chi connectivity index (χ3n) is 14.7. The Morgan fingerprint density at radius 3 is 1.07 bits per heavy atom. The predicted octanol–water partition coefficient (Wildman–Crippen LogP) is 19.5. The maximum absolute atomic E-state index is 12.9. The number of carboxylic acids is 1. The molecule has 9 heteroatoms. The molecule has 0 fully saturated rings. The molecule has 0 heterocycles. The topological polar surface area (TPSA) is 108 Å². The number of hydrogen-bond donors (Lipinski definition) is 1. The molecule has 2 unspecified atom stereocenters. The molecule has 75 heavy (non-hydrogen) atoms. The highest BCUT2D eigenvalue weighted by atomic mass is 16.7. The molecule has 0 radical (unpaired) electrons. The van der Waals surface area contributed by atoms with Crippen LogP contribution in [0.3, 0.4) is 0 Å². The van der Waals surface area contributed by atoms with Gasteiger partial charge in [0.15, 0.2) is 6.10 Å². The molecule has 1 N–H and O–H groups in total. The first-order chi connectivity index (χ1) is 36.6. The maximum Gasteiger partial charge on any atom is 0.361 e. The monoisotopic (exact) mass is 1060 g/mol. The van der Waals surface area contributed by atoms with E-state index in [1.165, 1.54) is 238 Å². The van der Waals surface area contributed by atoms with Gasteiger partial charge in [-0.1, -0.05) is 289 Å². The Balaban J connectivity index is 4.04. The van der Waals surface area contributed by atoms with E-state index >= 15 is 0 Å². The Bertz CT molecular complexity index is 1280. The average molecular weight is 1060 g/mol. The Hall–Kier alpha value is -2.23. The smallest absolute Gasteiger partial charge is 0.361 e. The summed E-state index contributed by atoms with van der Waals surface area (Å²) in [5, 5.41) is 9.71. The Morgan fingerprint density at radius 2 is 0.720 bits per heavy atom. The largest absolute Gasteiger partial charge is 0.477 e. The molecule has 442 valence electrons. The molecule has 9 nitrogen and oxygen atoms in total. The quantitative estimate of drug-likeness (QED) is 0.0211. The number of aliphatic carboxylic acids is 1. The molecular formula is C66H126NO8+. The molecule has 0 saturated carbocycles. The number of ether oxygens (including phenoxy) is 4. The molecular weight excluding hydrogens is 935 g/mol. The van der Waals surface area contributed by atoms with Gasteiger partial charge in [0.25, 0.3) is 6.29 Å². The number of likely N-dealkylation sites (N-methyl/N-ethyl adjacent to an activating group) is 1. The van der Waals surface area contributed by atoms with Gasteiger partial charge in [0.1, 0.15) is 13.2 Å². The van der Waals surface area contributed by atoms with Crippen LogP contribution in [0.15, 0.2) is 24.3 Å². The third kappa shape index (κ3) is 59.3. The highest BCUT2D eigenvalue weighted by Gasteiger charge is 2.25. The Morgan fingerprint density at radius 1 is 0.400 bits per heavy atom. The minimum atomic E-state index is -1.51. The van der Waals surface area contributed by atoms with Gasteiger partial charge in [-0.2, -0.15) is 0 Å². The lowest BCUT2D eigenvalue weighted by molar-refractivity contribution is -0.870. The van der Waals surface area contributed by atoms with Gasteiger partial charge in [-0.05, 0) is 44.9 Å². The van der Waals surface area contributed by atoms with Crippen molar-refractivity contribution in [1.82, 2.24) is 0 Å². The number of rotatable bonds is 61. The van der Waals surface area contributed by atoms with Crippen LogP contribution in [0.1, 0.15) is 322 Å². The third-order valence-corrected chi connectivity index (χ3v) is 14.7. The Labute approximate surface area is 465 Å². The summed E-state index contributed by atoms with van der Waals surface area (Å²) in [6.45, 7) is 4.91. The number of carbonyl (C=O) groups is 3. The summed E-state index contributed by atoms with van der Waals surface area (Å²) in [7, 11) is 5.98. The van der Waals surface area contributed by atoms with Gasteiger partial charge in [-0.3, -0.25) is 9.59 Å². The van der Waals surface area contributed by atoms with Crippen LogP contribution in [-0.4, -0.2) is 87.4 Å². The van der Waals surface area contributed by atoms with E-state index in [0.717, 1.165) is 51.4 Å². The van der Waals surface area contributed by atoms with E-state index in [1.807, 2.05) is 21.1 Å². The van der Waals surface area contributed by atoms with E-state index in [1.54, 1.807) is 0 Å². The van der Waals surface area contributed by atoms with Crippen molar-refractivity contribution >= 4 is 17.9 Å². The molecule has 0 aliphatic rings. The number of carbonyl (C=O) groups excluding carboxylic acids is 2. The molecule has 0 bridgehead atoms. The summed E-state index contributed by atoms with van der Waals surface area (Å²) >= 11 is 0. The van der Waals surface area contributed by atoms with Crippen molar-refractivity contribution in [2.75, 3.05) is 47.5 Å². The molecule has 0 aliphatic heterocycles. The first-order valence-electron chi connectivity index (χ1n) is 32.5. The molecule has 0 aromatic rings. The van der Waals surface area contributed by atoms with Gasteiger partial charge in [0, 0.05) is 12.8 Å². The van der Waals surface area contributed by atoms with Crippen molar-refractivity contribution in [3.63, 3.8) is 0 Å². The standard InChI is InChI=1S/C66H125NO8/c1-6-8-10-12-14-16-18-20-22-24-26-27-28-29-30-31-32-33-34-35-36-37-38-39-41-42-44-46-48-50-52-54-56-63(68)73-60-62(61-74-66(65(70)71)72-59-58-67(3,4)5)75-64(69)57-55-53-51-49-47-45-43-40-25-23-21-19-17-15-13-11-9-7-2/h17,19,23,25,62,66H,6-16,18,20-22,24,26-61H2,1-5H3/p+1/b19-17-,25-23-. The summed E-state index contributed by atoms with van der Waals surface area (Å²) in [5.74, 6) is -1.99. The van der Waals surface area contributed by atoms with Gasteiger partial charge < -0.3 is 28.5 Å². The van der Waals surface area contributed by atoms with Crippen LogP contribution in [0, 0.1) is 0 Å². The number of carboxylic acid groups (broad SMARTS) is 1. The van der Waals surface area contributed by atoms with Crippen molar-refractivity contribution in [2.24, 2.45) is 0 Å². The summed E-state index contributed by atoms with van der Waals surface area (Å²) in [6.07, 6.45) is 67.2. The lowest BCUT2D eigenvalue weighted by Gasteiger charge is -2.25. The van der Waals surface area contributed by atoms with Crippen LogP contribution in [-0.2, 0) is 33.3 Å². The second-order valence-corrected chi connectivity index (χ2v) is 23.4. The summed E-state index contributed by atoms with van der Waals surface area (Å²) < 4.78 is 22.9. The number of esters is 2. The predicted molar refractivity (Wildman–Crippen MR) is 318 cm³/mol. The van der Waals surface area contributed by atoms with E-state index in [9.17, 15) is 19.5 Å². The molecule has 0 saturated heterocycles. The number of quaternary nitrogens is 1. The second kappa shape index (κ2) is 57.9. The number of unbranched alkanes of at least 4 members (excludes halogenated alkanes) is 42. The lowest BCUT2D eigenvalue weighted by Crippen LogP contribution is -2.40. The van der Waals surface area contributed by atoms with Crippen LogP contribution >= 0.6 is 0 Å². The van der Waals surface area contributed by atoms with E-state index in [0.29, 0.717) is 23.9 Å². The maximum atomic E-state index is 12.9. The molecule has 0 aliphatic carbocycles. The minimum Gasteiger partial charge on any atom is -0.477 e. The second-order valence-electron chi connectivity index (χ2n) is 23.4. The van der Waals surface area contributed by atoms with Crippen LogP contribution in [0.2, 0.25) is 0 Å². The van der Waals surface area contributed by atoms with Crippen LogP contribution < -0.4 is 0 Å². The van der Waals surface area contributed by atoms with E-state index in [4.69, 9.17) is 18.9 Å². The zero-order valence-corrected chi connectivity index (χ0v) is 50.5. The SMILES string of the molecule is CCCCCC/C=C\C/C=C\CCCCCCCCCC(=O)OC(COC(=O)CCCCCCCCCCCCCCCCCCCCCCCCCCCCCCCCCC)COC(OCC[N+](C)(C)C)C(=O)O. The lowest BCUT2D eigenvalue weighted by atomic mass is 10.0. The van der Waals surface area contributed by atoms with E-state index in [-0.39, 0.29) is 32.2 Å². The molecule has 0 spiro atoms. The fourth-order valence-electron chi connectivity index (χ4n) is 9.70. The Kier molecular flexibility index (Phi) is 56.2. The number of nitrogens with zero attached hydrogens (tertiary/aromatic N) is 1. The molecule has 0 amide bonds. The van der Waals surface area contributed by atoms with Gasteiger partial charge in [0.05, 0.1) is 34.4 Å². The zero-order chi connectivity index (χ0) is 54.8. The minimum absolute atomic E-state index is 0.180.